The van der Waals surface area contributed by atoms with Crippen LogP contribution in [0.1, 0.15) is 5.56 Å². The Kier molecular flexibility index (Phi) is 5.45. The number of halogens is 4. The van der Waals surface area contributed by atoms with Crippen molar-refractivity contribution in [3.05, 3.63) is 95.6 Å². The zero-order chi connectivity index (χ0) is 23.9. The Labute approximate surface area is 198 Å². The predicted octanol–water partition coefficient (Wildman–Crippen LogP) is 6.90. The summed E-state index contributed by atoms with van der Waals surface area (Å²) in [7, 11) is 1.81. The maximum Gasteiger partial charge on any atom is 0.416 e. The van der Waals surface area contributed by atoms with E-state index in [1.165, 1.54) is 6.07 Å². The van der Waals surface area contributed by atoms with Gasteiger partial charge in [-0.15, -0.1) is 0 Å². The molecule has 0 fully saturated rings. The van der Waals surface area contributed by atoms with Crippen LogP contribution in [0.25, 0.3) is 28.2 Å². The molecule has 0 bridgehead atoms. The Hall–Kier alpha value is -3.91. The Morgan fingerprint density at radius 2 is 1.59 bits per heavy atom. The average Bonchev–Trinajstić information content (AvgIpc) is 3.27. The molecule has 0 spiro atoms. The molecule has 3 aromatic carbocycles. The van der Waals surface area contributed by atoms with Crippen LogP contribution in [0.2, 0.25) is 5.02 Å². The van der Waals surface area contributed by atoms with Gasteiger partial charge >= 0.3 is 6.18 Å². The number of aromatic nitrogens is 4. The first-order chi connectivity index (χ1) is 16.3. The van der Waals surface area contributed by atoms with Crippen molar-refractivity contribution in [2.75, 3.05) is 11.9 Å². The summed E-state index contributed by atoms with van der Waals surface area (Å²) in [5.41, 5.74) is 2.22. The molecule has 2 heterocycles. The lowest BCUT2D eigenvalue weighted by Gasteiger charge is -2.19. The molecule has 0 unspecified atom stereocenters. The van der Waals surface area contributed by atoms with Crippen molar-refractivity contribution in [1.82, 2.24) is 19.6 Å². The van der Waals surface area contributed by atoms with E-state index in [1.807, 2.05) is 49.5 Å². The first-order valence-electron chi connectivity index (χ1n) is 10.3. The topological polar surface area (TPSA) is 46.3 Å². The van der Waals surface area contributed by atoms with Gasteiger partial charge in [0, 0.05) is 28.9 Å². The number of hydrogen-bond donors (Lipinski definition) is 0. The van der Waals surface area contributed by atoms with Crippen LogP contribution in [-0.2, 0) is 6.18 Å². The molecule has 5 rings (SSSR count). The van der Waals surface area contributed by atoms with Gasteiger partial charge < -0.3 is 4.90 Å². The van der Waals surface area contributed by atoms with Gasteiger partial charge in [0.25, 0.3) is 0 Å². The van der Waals surface area contributed by atoms with E-state index in [9.17, 15) is 13.2 Å². The molecular weight excluding hydrogens is 463 g/mol. The van der Waals surface area contributed by atoms with E-state index in [0.717, 1.165) is 23.4 Å². The second kappa shape index (κ2) is 8.46. The molecule has 0 saturated heterocycles. The largest absolute Gasteiger partial charge is 0.416 e. The minimum absolute atomic E-state index is 0.153. The number of hydrogen-bond acceptors (Lipinski definition) is 4. The highest BCUT2D eigenvalue weighted by Gasteiger charge is 2.31. The van der Waals surface area contributed by atoms with Gasteiger partial charge in [-0.1, -0.05) is 54.1 Å². The van der Waals surface area contributed by atoms with Crippen molar-refractivity contribution < 1.29 is 13.2 Å². The van der Waals surface area contributed by atoms with Crippen LogP contribution in [0.15, 0.2) is 85.1 Å². The molecular formula is C25H17ClF3N5. The Balaban J connectivity index is 1.76. The Morgan fingerprint density at radius 3 is 2.32 bits per heavy atom. The van der Waals surface area contributed by atoms with E-state index in [-0.39, 0.29) is 11.4 Å². The standard InChI is InChI=1S/C25H17ClF3N5/c1-33(20-11-3-2-4-12-20)24-32-22(17-8-5-9-18(13-17)25(27,28)29)31-23-21(15-30-34(23)24)16-7-6-10-19(26)14-16/h2-15H,1H3. The van der Waals surface area contributed by atoms with E-state index in [1.54, 1.807) is 33.8 Å². The Morgan fingerprint density at radius 1 is 0.853 bits per heavy atom. The van der Waals surface area contributed by atoms with Crippen LogP contribution in [-0.4, -0.2) is 26.6 Å². The van der Waals surface area contributed by atoms with Gasteiger partial charge in [-0.3, -0.25) is 0 Å². The van der Waals surface area contributed by atoms with Gasteiger partial charge in [0.1, 0.15) is 0 Å². The fourth-order valence-corrected chi connectivity index (χ4v) is 3.86. The van der Waals surface area contributed by atoms with Crippen LogP contribution < -0.4 is 4.90 Å². The van der Waals surface area contributed by atoms with E-state index >= 15 is 0 Å². The number of alkyl halides is 3. The minimum atomic E-state index is -4.48. The number of benzene rings is 3. The Bertz CT molecular complexity index is 1480. The summed E-state index contributed by atoms with van der Waals surface area (Å²) in [5, 5.41) is 5.04. The van der Waals surface area contributed by atoms with Gasteiger partial charge in [0.2, 0.25) is 5.95 Å². The van der Waals surface area contributed by atoms with Crippen LogP contribution >= 0.6 is 11.6 Å². The molecule has 170 valence electrons. The predicted molar refractivity (Wildman–Crippen MR) is 126 cm³/mol. The zero-order valence-electron chi connectivity index (χ0n) is 17.8. The lowest BCUT2D eigenvalue weighted by Crippen LogP contribution is -2.17. The first-order valence-corrected chi connectivity index (χ1v) is 10.7. The van der Waals surface area contributed by atoms with Gasteiger partial charge in [0.05, 0.1) is 11.8 Å². The molecule has 0 saturated carbocycles. The fraction of sp³-hybridized carbons (Fsp3) is 0.0800. The molecule has 34 heavy (non-hydrogen) atoms. The summed E-state index contributed by atoms with van der Waals surface area (Å²) in [6.07, 6.45) is -2.83. The van der Waals surface area contributed by atoms with Crippen LogP contribution in [0.4, 0.5) is 24.8 Å². The van der Waals surface area contributed by atoms with Gasteiger partial charge in [0.15, 0.2) is 11.5 Å². The molecule has 0 radical (unpaired) electrons. The molecule has 0 aliphatic heterocycles. The third kappa shape index (κ3) is 4.08. The van der Waals surface area contributed by atoms with Crippen molar-refractivity contribution in [2.45, 2.75) is 6.18 Å². The number of nitrogens with zero attached hydrogens (tertiary/aromatic N) is 5. The molecule has 0 amide bonds. The van der Waals surface area contributed by atoms with E-state index in [4.69, 9.17) is 11.6 Å². The lowest BCUT2D eigenvalue weighted by atomic mass is 10.1. The number of rotatable bonds is 4. The van der Waals surface area contributed by atoms with Crippen molar-refractivity contribution in [3.8, 4) is 22.5 Å². The van der Waals surface area contributed by atoms with E-state index in [0.29, 0.717) is 22.2 Å². The third-order valence-corrected chi connectivity index (χ3v) is 5.61. The highest BCUT2D eigenvalue weighted by atomic mass is 35.5. The van der Waals surface area contributed by atoms with Crippen LogP contribution in [0, 0.1) is 0 Å². The van der Waals surface area contributed by atoms with Crippen molar-refractivity contribution in [1.29, 1.82) is 0 Å². The molecule has 2 aromatic heterocycles. The van der Waals surface area contributed by atoms with Crippen LogP contribution in [0.3, 0.4) is 0 Å². The summed E-state index contributed by atoms with van der Waals surface area (Å²) in [5.74, 6) is 0.553. The average molecular weight is 480 g/mol. The minimum Gasteiger partial charge on any atom is -0.313 e. The fourth-order valence-electron chi connectivity index (χ4n) is 3.67. The summed E-state index contributed by atoms with van der Waals surface area (Å²) in [4.78, 5) is 11.0. The van der Waals surface area contributed by atoms with Crippen LogP contribution in [0.5, 0.6) is 0 Å². The normalized spacial score (nSPS) is 11.7. The smallest absolute Gasteiger partial charge is 0.313 e. The summed E-state index contributed by atoms with van der Waals surface area (Å²) < 4.78 is 41.7. The van der Waals surface area contributed by atoms with E-state index < -0.39 is 11.7 Å². The summed E-state index contributed by atoms with van der Waals surface area (Å²) in [6.45, 7) is 0. The maximum absolute atomic E-state index is 13.4. The maximum atomic E-state index is 13.4. The van der Waals surface area contributed by atoms with Gasteiger partial charge in [-0.2, -0.15) is 27.8 Å². The number of anilines is 2. The third-order valence-electron chi connectivity index (χ3n) is 5.38. The van der Waals surface area contributed by atoms with Crippen molar-refractivity contribution >= 4 is 28.9 Å². The molecule has 5 nitrogen and oxygen atoms in total. The summed E-state index contributed by atoms with van der Waals surface area (Å²) >= 11 is 6.19. The first kappa shape index (κ1) is 21.9. The SMILES string of the molecule is CN(c1ccccc1)c1nc(-c2cccc(C(F)(F)F)c2)nc2c(-c3cccc(Cl)c3)cnn12. The molecule has 5 aromatic rings. The van der Waals surface area contributed by atoms with Gasteiger partial charge in [-0.05, 0) is 42.0 Å². The monoisotopic (exact) mass is 479 g/mol. The van der Waals surface area contributed by atoms with Crippen molar-refractivity contribution in [3.63, 3.8) is 0 Å². The highest BCUT2D eigenvalue weighted by molar-refractivity contribution is 6.30. The number of para-hydroxylation sites is 1. The molecule has 0 atom stereocenters. The zero-order valence-corrected chi connectivity index (χ0v) is 18.6. The quantitative estimate of drug-likeness (QED) is 0.281. The molecule has 0 aliphatic carbocycles. The van der Waals surface area contributed by atoms with Crippen molar-refractivity contribution in [2.24, 2.45) is 0 Å². The van der Waals surface area contributed by atoms with Gasteiger partial charge in [-0.25, -0.2) is 4.98 Å². The second-order valence-electron chi connectivity index (χ2n) is 7.62. The molecule has 0 aliphatic rings. The van der Waals surface area contributed by atoms with E-state index in [2.05, 4.69) is 15.1 Å². The lowest BCUT2D eigenvalue weighted by molar-refractivity contribution is -0.137. The molecule has 0 N–H and O–H groups in total. The summed E-state index contributed by atoms with van der Waals surface area (Å²) in [6, 6.07) is 21.7. The molecule has 9 heteroatoms. The second-order valence-corrected chi connectivity index (χ2v) is 8.06. The number of fused-ring (bicyclic) bond motifs is 1. The highest BCUT2D eigenvalue weighted by Crippen LogP contribution is 2.34.